The van der Waals surface area contributed by atoms with E-state index in [9.17, 15) is 13.2 Å². The molecule has 0 aromatic heterocycles. The van der Waals surface area contributed by atoms with Gasteiger partial charge in [0.25, 0.3) is 0 Å². The number of likely N-dealkylation sites (N-methyl/N-ethyl adjacent to an activating group) is 1. The molecule has 0 N–H and O–H groups in total. The standard InChI is InChI=1S/C22H34F3N/c1-7-10-17(5)21(22(23,24)25)19(11-8-2)18-13-12-16(4)15-20(18)26(6)14-9-3/h10,12-13,20H,7-9,11,14-15H2,1-6H3/b17-10+,21-19-. The summed E-state index contributed by atoms with van der Waals surface area (Å²) in [7, 11) is 2.02. The van der Waals surface area contributed by atoms with E-state index in [4.69, 9.17) is 0 Å². The van der Waals surface area contributed by atoms with E-state index >= 15 is 0 Å². The van der Waals surface area contributed by atoms with Crippen LogP contribution >= 0.6 is 0 Å². The summed E-state index contributed by atoms with van der Waals surface area (Å²) in [6, 6.07) is 0.00766. The molecular weight excluding hydrogens is 335 g/mol. The van der Waals surface area contributed by atoms with E-state index in [2.05, 4.69) is 18.7 Å². The third kappa shape index (κ3) is 5.87. The van der Waals surface area contributed by atoms with Crippen LogP contribution in [0.15, 0.2) is 46.1 Å². The van der Waals surface area contributed by atoms with Crippen LogP contribution in [0.25, 0.3) is 0 Å². The van der Waals surface area contributed by atoms with Crippen LogP contribution in [0.1, 0.15) is 66.7 Å². The molecule has 26 heavy (non-hydrogen) atoms. The summed E-state index contributed by atoms with van der Waals surface area (Å²) < 4.78 is 42.1. The van der Waals surface area contributed by atoms with E-state index in [1.165, 1.54) is 5.57 Å². The molecule has 1 aliphatic carbocycles. The minimum absolute atomic E-state index is 0.00766. The minimum atomic E-state index is -4.34. The second-order valence-electron chi connectivity index (χ2n) is 7.23. The Morgan fingerprint density at radius 1 is 1.19 bits per heavy atom. The molecule has 1 nitrogen and oxygen atoms in total. The second kappa shape index (κ2) is 10.1. The molecule has 0 spiro atoms. The van der Waals surface area contributed by atoms with E-state index in [1.54, 1.807) is 13.0 Å². The van der Waals surface area contributed by atoms with Gasteiger partial charge in [-0.05, 0) is 69.8 Å². The molecule has 0 aliphatic heterocycles. The summed E-state index contributed by atoms with van der Waals surface area (Å²) in [6.07, 6.45) is 4.76. The summed E-state index contributed by atoms with van der Waals surface area (Å²) >= 11 is 0. The van der Waals surface area contributed by atoms with Gasteiger partial charge in [0, 0.05) is 6.04 Å². The van der Waals surface area contributed by atoms with E-state index in [-0.39, 0.29) is 6.04 Å². The van der Waals surface area contributed by atoms with Crippen molar-refractivity contribution in [1.29, 1.82) is 0 Å². The van der Waals surface area contributed by atoms with Crippen molar-refractivity contribution in [2.75, 3.05) is 13.6 Å². The van der Waals surface area contributed by atoms with Crippen molar-refractivity contribution in [3.63, 3.8) is 0 Å². The molecule has 4 heteroatoms. The third-order valence-corrected chi connectivity index (χ3v) is 4.87. The zero-order valence-electron chi connectivity index (χ0n) is 17.1. The summed E-state index contributed by atoms with van der Waals surface area (Å²) in [5.41, 5.74) is 2.43. The molecule has 1 aliphatic rings. The normalized spacial score (nSPS) is 20.1. The Morgan fingerprint density at radius 3 is 2.35 bits per heavy atom. The van der Waals surface area contributed by atoms with Crippen molar-refractivity contribution < 1.29 is 13.2 Å². The molecular formula is C22H34F3N. The Morgan fingerprint density at radius 2 is 1.85 bits per heavy atom. The maximum absolute atomic E-state index is 14.0. The van der Waals surface area contributed by atoms with Crippen molar-refractivity contribution >= 4 is 0 Å². The van der Waals surface area contributed by atoms with Crippen LogP contribution in [0.2, 0.25) is 0 Å². The lowest BCUT2D eigenvalue weighted by Gasteiger charge is -2.35. The van der Waals surface area contributed by atoms with Crippen molar-refractivity contribution in [3.8, 4) is 0 Å². The van der Waals surface area contributed by atoms with Crippen molar-refractivity contribution in [2.24, 2.45) is 0 Å². The van der Waals surface area contributed by atoms with Crippen molar-refractivity contribution in [1.82, 2.24) is 4.90 Å². The van der Waals surface area contributed by atoms with Crippen LogP contribution in [0.3, 0.4) is 0 Å². The Kier molecular flexibility index (Phi) is 8.88. The number of hydrogen-bond acceptors (Lipinski definition) is 1. The lowest BCUT2D eigenvalue weighted by molar-refractivity contribution is -0.0902. The first-order chi connectivity index (χ1) is 12.2. The largest absolute Gasteiger partial charge is 0.416 e. The highest BCUT2D eigenvalue weighted by Gasteiger charge is 2.39. The van der Waals surface area contributed by atoms with Gasteiger partial charge in [-0.1, -0.05) is 51.0 Å². The molecule has 1 unspecified atom stereocenters. The maximum Gasteiger partial charge on any atom is 0.416 e. The highest BCUT2D eigenvalue weighted by atomic mass is 19.4. The smallest absolute Gasteiger partial charge is 0.299 e. The Bertz CT molecular complexity index is 591. The van der Waals surface area contributed by atoms with E-state index in [0.717, 1.165) is 25.0 Å². The minimum Gasteiger partial charge on any atom is -0.299 e. The maximum atomic E-state index is 14.0. The van der Waals surface area contributed by atoms with Gasteiger partial charge in [-0.3, -0.25) is 4.90 Å². The van der Waals surface area contributed by atoms with Crippen LogP contribution in [0, 0.1) is 0 Å². The van der Waals surface area contributed by atoms with Crippen LogP contribution in [0.4, 0.5) is 13.2 Å². The molecule has 0 amide bonds. The molecule has 148 valence electrons. The fourth-order valence-electron chi connectivity index (χ4n) is 3.73. The van der Waals surface area contributed by atoms with Crippen molar-refractivity contribution in [3.05, 3.63) is 46.1 Å². The van der Waals surface area contributed by atoms with Gasteiger partial charge >= 0.3 is 6.18 Å². The predicted molar refractivity (Wildman–Crippen MR) is 105 cm³/mol. The molecule has 0 aromatic rings. The topological polar surface area (TPSA) is 3.24 Å². The van der Waals surface area contributed by atoms with E-state index in [0.29, 0.717) is 30.4 Å². The summed E-state index contributed by atoms with van der Waals surface area (Å²) in [5, 5.41) is 0. The number of hydrogen-bond donors (Lipinski definition) is 0. The van der Waals surface area contributed by atoms with E-state index < -0.39 is 11.7 Å². The summed E-state index contributed by atoms with van der Waals surface area (Å²) in [6.45, 7) is 10.4. The SMILES string of the molecule is CC/C=C(C)/C(=C(\CCC)C1=CC=C(C)CC1N(C)CCC)C(F)(F)F. The predicted octanol–water partition coefficient (Wildman–Crippen LogP) is 6.99. The van der Waals surface area contributed by atoms with Crippen LogP contribution in [0.5, 0.6) is 0 Å². The Balaban J connectivity index is 3.62. The third-order valence-electron chi connectivity index (χ3n) is 4.87. The first kappa shape index (κ1) is 22.8. The molecule has 1 atom stereocenters. The van der Waals surface area contributed by atoms with E-state index in [1.807, 2.05) is 33.0 Å². The lowest BCUT2D eigenvalue weighted by atomic mass is 9.82. The van der Waals surface area contributed by atoms with Gasteiger partial charge in [-0.15, -0.1) is 0 Å². The Labute approximate surface area is 157 Å². The number of allylic oxidation sites excluding steroid dienone is 5. The highest BCUT2D eigenvalue weighted by molar-refractivity contribution is 5.51. The monoisotopic (exact) mass is 369 g/mol. The van der Waals surface area contributed by atoms with Crippen LogP contribution in [-0.2, 0) is 0 Å². The van der Waals surface area contributed by atoms with Gasteiger partial charge in [-0.2, -0.15) is 13.2 Å². The lowest BCUT2D eigenvalue weighted by Crippen LogP contribution is -2.36. The zero-order chi connectivity index (χ0) is 19.9. The molecule has 0 heterocycles. The fourth-order valence-corrected chi connectivity index (χ4v) is 3.73. The molecule has 0 bridgehead atoms. The first-order valence-electron chi connectivity index (χ1n) is 9.72. The van der Waals surface area contributed by atoms with Gasteiger partial charge in [0.15, 0.2) is 0 Å². The quantitative estimate of drug-likeness (QED) is 0.417. The summed E-state index contributed by atoms with van der Waals surface area (Å²) in [4.78, 5) is 2.20. The number of halogens is 3. The van der Waals surface area contributed by atoms with Gasteiger partial charge in [-0.25, -0.2) is 0 Å². The number of alkyl halides is 3. The van der Waals surface area contributed by atoms with Gasteiger partial charge < -0.3 is 0 Å². The molecule has 1 rings (SSSR count). The van der Waals surface area contributed by atoms with Crippen LogP contribution in [-0.4, -0.2) is 30.7 Å². The van der Waals surface area contributed by atoms with Crippen LogP contribution < -0.4 is 0 Å². The highest BCUT2D eigenvalue weighted by Crippen LogP contribution is 2.41. The molecule has 0 radical (unpaired) electrons. The van der Waals surface area contributed by atoms with Gasteiger partial charge in [0.2, 0.25) is 0 Å². The molecule has 0 saturated heterocycles. The number of nitrogens with zero attached hydrogens (tertiary/aromatic N) is 1. The molecule has 0 saturated carbocycles. The van der Waals surface area contributed by atoms with Crippen molar-refractivity contribution in [2.45, 2.75) is 78.9 Å². The van der Waals surface area contributed by atoms with Gasteiger partial charge in [0.1, 0.15) is 0 Å². The average Bonchev–Trinajstić information content (AvgIpc) is 2.53. The molecule has 0 fully saturated rings. The Hall–Kier alpha value is -1.29. The first-order valence-corrected chi connectivity index (χ1v) is 9.72. The fraction of sp³-hybridized carbons (Fsp3) is 0.636. The number of rotatable bonds is 8. The van der Waals surface area contributed by atoms with Gasteiger partial charge in [0.05, 0.1) is 5.57 Å². The second-order valence-corrected chi connectivity index (χ2v) is 7.23. The average molecular weight is 370 g/mol. The zero-order valence-corrected chi connectivity index (χ0v) is 17.1. The molecule has 0 aromatic carbocycles. The summed E-state index contributed by atoms with van der Waals surface area (Å²) in [5.74, 6) is 0.